The van der Waals surface area contributed by atoms with E-state index in [1.165, 1.54) is 4.68 Å². The van der Waals surface area contributed by atoms with Gasteiger partial charge in [0.1, 0.15) is 17.4 Å². The van der Waals surface area contributed by atoms with Crippen molar-refractivity contribution in [3.63, 3.8) is 0 Å². The number of hydrogen-bond acceptors (Lipinski definition) is 4. The van der Waals surface area contributed by atoms with Gasteiger partial charge in [-0.2, -0.15) is 5.10 Å². The molecule has 4 aromatic rings. The van der Waals surface area contributed by atoms with E-state index in [4.69, 9.17) is 0 Å². The fourth-order valence-corrected chi connectivity index (χ4v) is 3.90. The van der Waals surface area contributed by atoms with Gasteiger partial charge in [0, 0.05) is 6.54 Å². The highest BCUT2D eigenvalue weighted by atomic mass is 32.1. The first-order chi connectivity index (χ1) is 12.6. The second-order valence-electron chi connectivity index (χ2n) is 6.21. The predicted octanol–water partition coefficient (Wildman–Crippen LogP) is 2.90. The maximum Gasteiger partial charge on any atom is 0.291 e. The number of amides is 1. The fourth-order valence-electron chi connectivity index (χ4n) is 3.10. The lowest BCUT2D eigenvalue weighted by Gasteiger charge is -2.15. The van der Waals surface area contributed by atoms with Crippen molar-refractivity contribution in [1.82, 2.24) is 19.5 Å². The Hall–Kier alpha value is -2.93. The highest BCUT2D eigenvalue weighted by Crippen LogP contribution is 2.24. The van der Waals surface area contributed by atoms with Crippen LogP contribution in [0.4, 0.5) is 0 Å². The topological polar surface area (TPSA) is 68.4 Å². The van der Waals surface area contributed by atoms with E-state index in [2.05, 4.69) is 10.4 Å². The van der Waals surface area contributed by atoms with Gasteiger partial charge in [0.2, 0.25) is 5.91 Å². The molecule has 0 radical (unpaired) electrons. The molecule has 0 spiro atoms. The lowest BCUT2D eigenvalue weighted by atomic mass is 10.2. The van der Waals surface area contributed by atoms with Crippen molar-refractivity contribution in [2.75, 3.05) is 0 Å². The minimum absolute atomic E-state index is 0.236. The van der Waals surface area contributed by atoms with Gasteiger partial charge in [-0.3, -0.25) is 14.0 Å². The molecule has 0 aliphatic carbocycles. The molecule has 1 amide bonds. The molecule has 1 N–H and O–H groups in total. The first-order valence-corrected chi connectivity index (χ1v) is 9.24. The number of benzene rings is 1. The van der Waals surface area contributed by atoms with Gasteiger partial charge >= 0.3 is 0 Å². The Morgan fingerprint density at radius 1 is 1.23 bits per heavy atom. The van der Waals surface area contributed by atoms with E-state index in [9.17, 15) is 9.59 Å². The quantitative estimate of drug-likeness (QED) is 0.604. The Morgan fingerprint density at radius 2 is 2.00 bits per heavy atom. The molecule has 1 aromatic carbocycles. The third-order valence-corrected chi connectivity index (χ3v) is 5.34. The Balaban J connectivity index is 1.66. The van der Waals surface area contributed by atoms with E-state index >= 15 is 0 Å². The number of aromatic nitrogens is 3. The van der Waals surface area contributed by atoms with Gasteiger partial charge in [0.15, 0.2) is 0 Å². The van der Waals surface area contributed by atoms with Crippen LogP contribution < -0.4 is 10.9 Å². The van der Waals surface area contributed by atoms with Crippen molar-refractivity contribution in [2.24, 2.45) is 0 Å². The summed E-state index contributed by atoms with van der Waals surface area (Å²) in [6.45, 7) is 3.95. The smallest absolute Gasteiger partial charge is 0.291 e. The summed E-state index contributed by atoms with van der Waals surface area (Å²) in [5.41, 5.74) is 2.26. The molecule has 0 unspecified atom stereocenters. The van der Waals surface area contributed by atoms with E-state index in [-0.39, 0.29) is 11.5 Å². The average Bonchev–Trinajstić information content (AvgIpc) is 3.24. The number of carbonyl (C=O) groups is 1. The zero-order valence-corrected chi connectivity index (χ0v) is 15.3. The van der Waals surface area contributed by atoms with Crippen LogP contribution in [0.25, 0.3) is 15.7 Å². The van der Waals surface area contributed by atoms with Gasteiger partial charge < -0.3 is 5.32 Å². The van der Waals surface area contributed by atoms with Crippen LogP contribution in [0.3, 0.4) is 0 Å². The Bertz CT molecular complexity index is 1160. The van der Waals surface area contributed by atoms with Crippen molar-refractivity contribution >= 4 is 33.0 Å². The Labute approximate surface area is 153 Å². The Morgan fingerprint density at radius 3 is 2.77 bits per heavy atom. The van der Waals surface area contributed by atoms with E-state index in [1.807, 2.05) is 59.2 Å². The van der Waals surface area contributed by atoms with Gasteiger partial charge in [0.05, 0.1) is 10.2 Å². The molecule has 6 nitrogen and oxygen atoms in total. The second kappa shape index (κ2) is 6.42. The highest BCUT2D eigenvalue weighted by Gasteiger charge is 2.21. The zero-order valence-electron chi connectivity index (χ0n) is 14.5. The maximum atomic E-state index is 12.9. The standard InChI is InChI=1S/C19H18N4O2S/c1-12(18(24)20-11-14-6-4-3-5-7-14)23-19(25)16-10-17-15(8-9-26-17)22(16)13(2)21-23/h3-10,12H,11H2,1-2H3,(H,20,24)/t12-/m0/s1. The summed E-state index contributed by atoms with van der Waals surface area (Å²) in [5.74, 6) is 0.441. The van der Waals surface area contributed by atoms with Crippen molar-refractivity contribution < 1.29 is 4.79 Å². The molecule has 3 aromatic heterocycles. The normalized spacial score (nSPS) is 12.5. The third kappa shape index (κ3) is 2.70. The van der Waals surface area contributed by atoms with E-state index in [1.54, 1.807) is 18.3 Å². The van der Waals surface area contributed by atoms with Crippen molar-refractivity contribution in [3.05, 3.63) is 69.6 Å². The molecule has 0 saturated heterocycles. The number of thiophene rings is 1. The molecule has 0 bridgehead atoms. The molecule has 26 heavy (non-hydrogen) atoms. The first-order valence-electron chi connectivity index (χ1n) is 8.36. The number of nitrogens with zero attached hydrogens (tertiary/aromatic N) is 3. The van der Waals surface area contributed by atoms with Gasteiger partial charge in [-0.1, -0.05) is 30.3 Å². The minimum atomic E-state index is -0.692. The predicted molar refractivity (Wildman–Crippen MR) is 103 cm³/mol. The summed E-state index contributed by atoms with van der Waals surface area (Å²) in [4.78, 5) is 25.4. The molecule has 0 saturated carbocycles. The number of aryl methyl sites for hydroxylation is 1. The Kier molecular flexibility index (Phi) is 4.08. The van der Waals surface area contributed by atoms with E-state index in [0.29, 0.717) is 17.9 Å². The SMILES string of the molecule is Cc1nn([C@@H](C)C(=O)NCc2ccccc2)c(=O)c2cc3sccc3n12. The zero-order chi connectivity index (χ0) is 18.3. The summed E-state index contributed by atoms with van der Waals surface area (Å²) < 4.78 is 4.15. The first kappa shape index (κ1) is 16.5. The molecular weight excluding hydrogens is 348 g/mol. The summed E-state index contributed by atoms with van der Waals surface area (Å²) in [6, 6.07) is 12.8. The molecule has 4 rings (SSSR count). The number of nitrogens with one attached hydrogen (secondary N) is 1. The van der Waals surface area contributed by atoms with Gasteiger partial charge in [-0.05, 0) is 36.9 Å². The molecule has 0 fully saturated rings. The number of hydrogen-bond donors (Lipinski definition) is 1. The molecular formula is C19H18N4O2S. The molecule has 0 aliphatic rings. The fraction of sp³-hybridized carbons (Fsp3) is 0.211. The molecule has 7 heteroatoms. The highest BCUT2D eigenvalue weighted by molar-refractivity contribution is 7.17. The van der Waals surface area contributed by atoms with Crippen LogP contribution in [0.1, 0.15) is 24.4 Å². The number of fused-ring (bicyclic) bond motifs is 3. The van der Waals surface area contributed by atoms with Crippen LogP contribution in [-0.4, -0.2) is 20.1 Å². The molecule has 3 heterocycles. The van der Waals surface area contributed by atoms with Crippen LogP contribution in [0, 0.1) is 6.92 Å². The van der Waals surface area contributed by atoms with E-state index in [0.717, 1.165) is 15.8 Å². The van der Waals surface area contributed by atoms with Crippen LogP contribution in [0.5, 0.6) is 0 Å². The largest absolute Gasteiger partial charge is 0.350 e. The van der Waals surface area contributed by atoms with Gasteiger partial charge in [-0.15, -0.1) is 11.3 Å². The monoisotopic (exact) mass is 366 g/mol. The summed E-state index contributed by atoms with van der Waals surface area (Å²) in [5, 5.41) is 9.25. The van der Waals surface area contributed by atoms with Gasteiger partial charge in [-0.25, -0.2) is 4.68 Å². The van der Waals surface area contributed by atoms with Crippen LogP contribution in [0.15, 0.2) is 52.6 Å². The minimum Gasteiger partial charge on any atom is -0.350 e. The molecule has 0 aliphatic heterocycles. The van der Waals surface area contributed by atoms with Crippen molar-refractivity contribution in [2.45, 2.75) is 26.4 Å². The maximum absolute atomic E-state index is 12.9. The average molecular weight is 366 g/mol. The third-order valence-electron chi connectivity index (χ3n) is 4.48. The van der Waals surface area contributed by atoms with Crippen LogP contribution >= 0.6 is 11.3 Å². The summed E-state index contributed by atoms with van der Waals surface area (Å²) >= 11 is 1.58. The van der Waals surface area contributed by atoms with E-state index < -0.39 is 6.04 Å². The number of carbonyl (C=O) groups excluding carboxylic acids is 1. The summed E-state index contributed by atoms with van der Waals surface area (Å²) in [6.07, 6.45) is 0. The lowest BCUT2D eigenvalue weighted by Crippen LogP contribution is -2.38. The lowest BCUT2D eigenvalue weighted by molar-refractivity contribution is -0.124. The van der Waals surface area contributed by atoms with Crippen LogP contribution in [-0.2, 0) is 11.3 Å². The second-order valence-corrected chi connectivity index (χ2v) is 7.16. The van der Waals surface area contributed by atoms with Crippen LogP contribution in [0.2, 0.25) is 0 Å². The summed E-state index contributed by atoms with van der Waals surface area (Å²) in [7, 11) is 0. The molecule has 132 valence electrons. The van der Waals surface area contributed by atoms with Gasteiger partial charge in [0.25, 0.3) is 5.56 Å². The van der Waals surface area contributed by atoms with Crippen molar-refractivity contribution in [1.29, 1.82) is 0 Å². The number of rotatable bonds is 4. The molecule has 1 atom stereocenters. The van der Waals surface area contributed by atoms with Crippen molar-refractivity contribution in [3.8, 4) is 0 Å².